The van der Waals surface area contributed by atoms with Crippen LogP contribution in [0.15, 0.2) is 24.4 Å². The Morgan fingerprint density at radius 1 is 1.43 bits per heavy atom. The molecule has 1 aromatic rings. The molecule has 0 unspecified atom stereocenters. The number of ether oxygens (including phenoxy) is 1. The van der Waals surface area contributed by atoms with E-state index in [4.69, 9.17) is 4.74 Å². The molecule has 1 saturated carbocycles. The normalized spacial score (nSPS) is 27.0. The molecule has 2 rings (SSSR count). The van der Waals surface area contributed by atoms with E-state index in [1.54, 1.807) is 13.3 Å². The molecule has 1 aliphatic rings. The summed E-state index contributed by atoms with van der Waals surface area (Å²) in [4.78, 5) is 16.3. The third kappa shape index (κ3) is 3.26. The number of carbonyl (C=O) groups is 1. The largest absolute Gasteiger partial charge is 0.378 e. The molecule has 4 heteroatoms. The molecule has 0 bridgehead atoms. The molecule has 0 spiro atoms. The number of nitrogens with zero attached hydrogens (tertiary/aromatic N) is 1. The third-order valence-electron chi connectivity index (χ3n) is 5.18. The number of pyridine rings is 1. The van der Waals surface area contributed by atoms with E-state index in [0.29, 0.717) is 6.42 Å². The van der Waals surface area contributed by atoms with Crippen molar-refractivity contribution < 1.29 is 9.53 Å². The number of carbonyl (C=O) groups excluding carboxylic acids is 1. The van der Waals surface area contributed by atoms with Gasteiger partial charge in [0, 0.05) is 36.9 Å². The predicted octanol–water partition coefficient (Wildman–Crippen LogP) is 2.72. The predicted molar refractivity (Wildman–Crippen MR) is 82.9 cm³/mol. The summed E-state index contributed by atoms with van der Waals surface area (Å²) in [6, 6.07) is 6.08. The lowest BCUT2D eigenvalue weighted by molar-refractivity contribution is -0.182. The van der Waals surface area contributed by atoms with E-state index >= 15 is 0 Å². The van der Waals surface area contributed by atoms with Crippen LogP contribution in [0.5, 0.6) is 0 Å². The van der Waals surface area contributed by atoms with Crippen molar-refractivity contribution in [3.63, 3.8) is 0 Å². The first-order chi connectivity index (χ1) is 9.89. The fourth-order valence-electron chi connectivity index (χ4n) is 2.97. The highest BCUT2D eigenvalue weighted by molar-refractivity contribution is 5.76. The van der Waals surface area contributed by atoms with Gasteiger partial charge in [-0.15, -0.1) is 0 Å². The number of methoxy groups -OCH3 is 1. The summed E-state index contributed by atoms with van der Waals surface area (Å²) in [6.07, 6.45) is 4.89. The van der Waals surface area contributed by atoms with Crippen molar-refractivity contribution in [2.75, 3.05) is 7.11 Å². The van der Waals surface area contributed by atoms with Gasteiger partial charge in [0.05, 0.1) is 5.60 Å². The average molecular weight is 290 g/mol. The number of hydrogen-bond donors (Lipinski definition) is 1. The fraction of sp³-hybridized carbons (Fsp3) is 0.647. The maximum atomic E-state index is 12.1. The second-order valence-electron chi connectivity index (χ2n) is 6.66. The van der Waals surface area contributed by atoms with Crippen molar-refractivity contribution in [1.29, 1.82) is 0 Å². The summed E-state index contributed by atoms with van der Waals surface area (Å²) in [6.45, 7) is 6.41. The van der Waals surface area contributed by atoms with Crippen molar-refractivity contribution in [2.24, 2.45) is 5.41 Å². The minimum atomic E-state index is -0.140. The second kappa shape index (κ2) is 6.14. The SMILES string of the molecule is CO[C@@]1(C)C[C@@H](NC(=O)CCCc2ccccn2)C1(C)C. The lowest BCUT2D eigenvalue weighted by Gasteiger charge is -2.59. The van der Waals surface area contributed by atoms with Gasteiger partial charge in [0.1, 0.15) is 0 Å². The van der Waals surface area contributed by atoms with Gasteiger partial charge < -0.3 is 10.1 Å². The Balaban J connectivity index is 1.74. The number of amides is 1. The van der Waals surface area contributed by atoms with Crippen molar-refractivity contribution in [1.82, 2.24) is 10.3 Å². The molecule has 1 fully saturated rings. The number of hydrogen-bond acceptors (Lipinski definition) is 3. The minimum absolute atomic E-state index is 0.0294. The second-order valence-corrected chi connectivity index (χ2v) is 6.66. The van der Waals surface area contributed by atoms with Gasteiger partial charge in [0.25, 0.3) is 0 Å². The molecule has 1 aliphatic carbocycles. The first kappa shape index (κ1) is 16.0. The van der Waals surface area contributed by atoms with Crippen LogP contribution in [0.2, 0.25) is 0 Å². The van der Waals surface area contributed by atoms with Crippen molar-refractivity contribution in [3.8, 4) is 0 Å². The van der Waals surface area contributed by atoms with Crippen LogP contribution in [-0.2, 0) is 16.0 Å². The number of aryl methyl sites for hydroxylation is 1. The van der Waals surface area contributed by atoms with Gasteiger partial charge in [-0.25, -0.2) is 0 Å². The van der Waals surface area contributed by atoms with Gasteiger partial charge in [0.2, 0.25) is 5.91 Å². The Morgan fingerprint density at radius 2 is 2.19 bits per heavy atom. The van der Waals surface area contributed by atoms with Crippen LogP contribution in [0, 0.1) is 5.41 Å². The van der Waals surface area contributed by atoms with E-state index < -0.39 is 0 Å². The van der Waals surface area contributed by atoms with Crippen LogP contribution in [-0.4, -0.2) is 29.6 Å². The molecule has 1 amide bonds. The molecule has 116 valence electrons. The van der Waals surface area contributed by atoms with Gasteiger partial charge in [-0.05, 0) is 38.3 Å². The van der Waals surface area contributed by atoms with E-state index in [1.807, 2.05) is 18.2 Å². The van der Waals surface area contributed by atoms with Gasteiger partial charge in [0.15, 0.2) is 0 Å². The lowest BCUT2D eigenvalue weighted by atomic mass is 9.56. The van der Waals surface area contributed by atoms with E-state index in [9.17, 15) is 4.79 Å². The van der Waals surface area contributed by atoms with Gasteiger partial charge >= 0.3 is 0 Å². The summed E-state index contributed by atoms with van der Waals surface area (Å²) in [5.41, 5.74) is 0.873. The summed E-state index contributed by atoms with van der Waals surface area (Å²) < 4.78 is 5.58. The highest BCUT2D eigenvalue weighted by Gasteiger charge is 2.58. The Bertz CT molecular complexity index is 487. The monoisotopic (exact) mass is 290 g/mol. The topological polar surface area (TPSA) is 51.2 Å². The maximum Gasteiger partial charge on any atom is 0.220 e. The molecular formula is C17H26N2O2. The Labute approximate surface area is 127 Å². The third-order valence-corrected chi connectivity index (χ3v) is 5.18. The first-order valence-electron chi connectivity index (χ1n) is 7.63. The van der Waals surface area contributed by atoms with E-state index in [0.717, 1.165) is 25.0 Å². The molecule has 0 saturated heterocycles. The van der Waals surface area contributed by atoms with Crippen LogP contribution >= 0.6 is 0 Å². The molecule has 0 aromatic carbocycles. The molecule has 0 radical (unpaired) electrons. The van der Waals surface area contributed by atoms with E-state index in [2.05, 4.69) is 31.1 Å². The Hall–Kier alpha value is -1.42. The first-order valence-corrected chi connectivity index (χ1v) is 7.63. The number of aromatic nitrogens is 1. The molecule has 21 heavy (non-hydrogen) atoms. The molecular weight excluding hydrogens is 264 g/mol. The maximum absolute atomic E-state index is 12.1. The van der Waals surface area contributed by atoms with Gasteiger partial charge in [-0.1, -0.05) is 19.9 Å². The lowest BCUT2D eigenvalue weighted by Crippen LogP contribution is -2.68. The summed E-state index contributed by atoms with van der Waals surface area (Å²) in [7, 11) is 1.74. The summed E-state index contributed by atoms with van der Waals surface area (Å²) in [5, 5.41) is 3.14. The molecule has 1 N–H and O–H groups in total. The van der Waals surface area contributed by atoms with Crippen molar-refractivity contribution in [2.45, 2.75) is 58.1 Å². The van der Waals surface area contributed by atoms with Crippen LogP contribution < -0.4 is 5.32 Å². The Kier molecular flexibility index (Phi) is 4.67. The van der Waals surface area contributed by atoms with E-state index in [1.165, 1.54) is 0 Å². The standard InChI is InChI=1S/C17H26N2O2/c1-16(2)14(12-17(16,3)21-4)19-15(20)10-7-9-13-8-5-6-11-18-13/h5-6,8,11,14H,7,9-10,12H2,1-4H3,(H,19,20)/t14-,17+/m1/s1. The molecule has 4 nitrogen and oxygen atoms in total. The van der Waals surface area contributed by atoms with Gasteiger partial charge in [-0.3, -0.25) is 9.78 Å². The summed E-state index contributed by atoms with van der Waals surface area (Å²) >= 11 is 0. The van der Waals surface area contributed by atoms with Crippen LogP contribution in [0.3, 0.4) is 0 Å². The van der Waals surface area contributed by atoms with E-state index in [-0.39, 0.29) is 23.0 Å². The zero-order valence-corrected chi connectivity index (χ0v) is 13.5. The zero-order chi connectivity index (χ0) is 15.5. The highest BCUT2D eigenvalue weighted by Crippen LogP contribution is 2.51. The van der Waals surface area contributed by atoms with Crippen molar-refractivity contribution in [3.05, 3.63) is 30.1 Å². The van der Waals surface area contributed by atoms with Crippen LogP contribution in [0.25, 0.3) is 0 Å². The number of nitrogens with one attached hydrogen (secondary N) is 1. The Morgan fingerprint density at radius 3 is 2.76 bits per heavy atom. The average Bonchev–Trinajstić information content (AvgIpc) is 2.47. The zero-order valence-electron chi connectivity index (χ0n) is 13.5. The number of rotatable bonds is 6. The highest BCUT2D eigenvalue weighted by atomic mass is 16.5. The molecule has 1 aromatic heterocycles. The van der Waals surface area contributed by atoms with Gasteiger partial charge in [-0.2, -0.15) is 0 Å². The smallest absolute Gasteiger partial charge is 0.220 e. The molecule has 0 aliphatic heterocycles. The van der Waals surface area contributed by atoms with Crippen LogP contribution in [0.4, 0.5) is 0 Å². The van der Waals surface area contributed by atoms with Crippen LogP contribution in [0.1, 0.15) is 45.7 Å². The molecule has 1 heterocycles. The quantitative estimate of drug-likeness (QED) is 0.876. The minimum Gasteiger partial charge on any atom is -0.378 e. The summed E-state index contributed by atoms with van der Waals surface area (Å²) in [5.74, 6) is 0.127. The van der Waals surface area contributed by atoms with Crippen molar-refractivity contribution >= 4 is 5.91 Å². The fourth-order valence-corrected chi connectivity index (χ4v) is 2.97. The molecule has 2 atom stereocenters.